The fraction of sp³-hybridized carbons (Fsp3) is 0.263. The first-order valence-electron chi connectivity index (χ1n) is 7.93. The lowest BCUT2D eigenvalue weighted by Gasteiger charge is -2.26. The first-order valence-corrected chi connectivity index (χ1v) is 8.31. The van der Waals surface area contributed by atoms with Crippen molar-refractivity contribution in [3.63, 3.8) is 0 Å². The molecule has 1 N–H and O–H groups in total. The van der Waals surface area contributed by atoms with Gasteiger partial charge in [-0.3, -0.25) is 4.79 Å². The molecular weight excluding hydrogens is 326 g/mol. The first-order chi connectivity index (χ1) is 11.6. The Bertz CT molecular complexity index is 757. The molecule has 0 aliphatic carbocycles. The first kappa shape index (κ1) is 16.5. The summed E-state index contributed by atoms with van der Waals surface area (Å²) in [5, 5.41) is 3.61. The van der Waals surface area contributed by atoms with Gasteiger partial charge in [0.05, 0.1) is 11.6 Å². The van der Waals surface area contributed by atoms with E-state index < -0.39 is 12.1 Å². The topological polar surface area (TPSA) is 55.4 Å². The Labute approximate surface area is 145 Å². The molecule has 1 heterocycles. The minimum absolute atomic E-state index is 0.148. The van der Waals surface area contributed by atoms with Crippen LogP contribution in [0.1, 0.15) is 40.9 Å². The molecule has 24 heavy (non-hydrogen) atoms. The van der Waals surface area contributed by atoms with Crippen LogP contribution in [0.3, 0.4) is 0 Å². The van der Waals surface area contributed by atoms with Crippen LogP contribution < -0.4 is 5.32 Å². The molecule has 3 rings (SSSR count). The zero-order valence-electron chi connectivity index (χ0n) is 13.3. The number of carbonyl (C=O) groups excluding carboxylic acids is 2. The minimum atomic E-state index is -0.797. The SMILES string of the molecule is CCC(NC(=O)C1Cc2ccccc2C(=O)O1)c1ccc(Cl)cc1. The van der Waals surface area contributed by atoms with Gasteiger partial charge in [-0.15, -0.1) is 0 Å². The number of ether oxygens (including phenoxy) is 1. The van der Waals surface area contributed by atoms with Gasteiger partial charge in [0, 0.05) is 11.4 Å². The van der Waals surface area contributed by atoms with Crippen molar-refractivity contribution in [1.82, 2.24) is 5.32 Å². The maximum Gasteiger partial charge on any atom is 0.339 e. The van der Waals surface area contributed by atoms with E-state index in [1.165, 1.54) is 0 Å². The van der Waals surface area contributed by atoms with Crippen molar-refractivity contribution >= 4 is 23.5 Å². The van der Waals surface area contributed by atoms with Crippen LogP contribution in [0.2, 0.25) is 5.02 Å². The number of benzene rings is 2. The molecule has 2 unspecified atom stereocenters. The average molecular weight is 344 g/mol. The Morgan fingerprint density at radius 1 is 1.25 bits per heavy atom. The van der Waals surface area contributed by atoms with Crippen molar-refractivity contribution in [3.05, 3.63) is 70.2 Å². The molecule has 4 nitrogen and oxygen atoms in total. The molecule has 2 aromatic rings. The second kappa shape index (κ2) is 7.05. The summed E-state index contributed by atoms with van der Waals surface area (Å²) in [5.74, 6) is -0.726. The van der Waals surface area contributed by atoms with Crippen LogP contribution in [0.5, 0.6) is 0 Å². The van der Waals surface area contributed by atoms with Crippen LogP contribution >= 0.6 is 11.6 Å². The van der Waals surface area contributed by atoms with Crippen molar-refractivity contribution in [2.75, 3.05) is 0 Å². The Morgan fingerprint density at radius 2 is 1.96 bits per heavy atom. The number of esters is 1. The highest BCUT2D eigenvalue weighted by Gasteiger charge is 2.31. The fourth-order valence-electron chi connectivity index (χ4n) is 2.86. The molecule has 0 saturated heterocycles. The summed E-state index contributed by atoms with van der Waals surface area (Å²) in [6.45, 7) is 1.99. The molecule has 0 saturated carbocycles. The van der Waals surface area contributed by atoms with Gasteiger partial charge in [0.25, 0.3) is 5.91 Å². The highest BCUT2D eigenvalue weighted by atomic mass is 35.5. The highest BCUT2D eigenvalue weighted by molar-refractivity contribution is 6.30. The van der Waals surface area contributed by atoms with Gasteiger partial charge in [0.15, 0.2) is 6.10 Å². The van der Waals surface area contributed by atoms with E-state index in [9.17, 15) is 9.59 Å². The molecule has 0 radical (unpaired) electrons. The quantitative estimate of drug-likeness (QED) is 0.861. The van der Waals surface area contributed by atoms with E-state index in [4.69, 9.17) is 16.3 Å². The van der Waals surface area contributed by atoms with Crippen molar-refractivity contribution in [1.29, 1.82) is 0 Å². The number of carbonyl (C=O) groups is 2. The molecule has 1 aliphatic heterocycles. The highest BCUT2D eigenvalue weighted by Crippen LogP contribution is 2.23. The van der Waals surface area contributed by atoms with Gasteiger partial charge in [0.1, 0.15) is 0 Å². The van der Waals surface area contributed by atoms with E-state index in [0.29, 0.717) is 17.0 Å². The predicted molar refractivity (Wildman–Crippen MR) is 92.0 cm³/mol. The van der Waals surface area contributed by atoms with Crippen molar-refractivity contribution in [2.45, 2.75) is 31.9 Å². The normalized spacial score (nSPS) is 17.6. The number of amides is 1. The minimum Gasteiger partial charge on any atom is -0.448 e. The van der Waals surface area contributed by atoms with Gasteiger partial charge in [-0.1, -0.05) is 48.9 Å². The van der Waals surface area contributed by atoms with Crippen LogP contribution in [0.15, 0.2) is 48.5 Å². The number of rotatable bonds is 4. The van der Waals surface area contributed by atoms with Crippen LogP contribution in [0, 0.1) is 0 Å². The van der Waals surface area contributed by atoms with E-state index in [1.54, 1.807) is 24.3 Å². The molecule has 0 aromatic heterocycles. The summed E-state index contributed by atoms with van der Waals surface area (Å²) < 4.78 is 5.30. The number of hydrogen-bond donors (Lipinski definition) is 1. The molecule has 0 spiro atoms. The standard InChI is InChI=1S/C19H18ClNO3/c1-2-16(12-7-9-14(20)10-8-12)21-18(22)17-11-13-5-3-4-6-15(13)19(23)24-17/h3-10,16-17H,2,11H2,1H3,(H,21,22). The smallest absolute Gasteiger partial charge is 0.339 e. The number of cyclic esters (lactones) is 1. The van der Waals surface area contributed by atoms with Crippen LogP contribution in [0.25, 0.3) is 0 Å². The van der Waals surface area contributed by atoms with Crippen molar-refractivity contribution < 1.29 is 14.3 Å². The third-order valence-electron chi connectivity index (χ3n) is 4.18. The van der Waals surface area contributed by atoms with Crippen LogP contribution in [-0.4, -0.2) is 18.0 Å². The number of hydrogen-bond acceptors (Lipinski definition) is 3. The van der Waals surface area contributed by atoms with Crippen molar-refractivity contribution in [3.8, 4) is 0 Å². The molecule has 124 valence electrons. The maximum absolute atomic E-state index is 12.5. The Morgan fingerprint density at radius 3 is 2.67 bits per heavy atom. The van der Waals surface area contributed by atoms with Gasteiger partial charge in [0.2, 0.25) is 0 Å². The molecule has 2 aromatic carbocycles. The summed E-state index contributed by atoms with van der Waals surface area (Å²) >= 11 is 5.91. The zero-order valence-corrected chi connectivity index (χ0v) is 14.0. The van der Waals surface area contributed by atoms with Crippen molar-refractivity contribution in [2.24, 2.45) is 0 Å². The van der Waals surface area contributed by atoms with Gasteiger partial charge in [-0.2, -0.15) is 0 Å². The molecule has 0 fully saturated rings. The lowest BCUT2D eigenvalue weighted by Crippen LogP contribution is -2.43. The third kappa shape index (κ3) is 3.44. The van der Waals surface area contributed by atoms with Gasteiger partial charge >= 0.3 is 5.97 Å². The van der Waals surface area contributed by atoms with Gasteiger partial charge < -0.3 is 10.1 Å². The lowest BCUT2D eigenvalue weighted by atomic mass is 9.97. The molecule has 5 heteroatoms. The van der Waals surface area contributed by atoms with E-state index >= 15 is 0 Å². The third-order valence-corrected chi connectivity index (χ3v) is 4.43. The van der Waals surface area contributed by atoms with E-state index in [0.717, 1.165) is 17.5 Å². The second-order valence-electron chi connectivity index (χ2n) is 5.78. The number of nitrogens with one attached hydrogen (secondary N) is 1. The average Bonchev–Trinajstić information content (AvgIpc) is 2.60. The van der Waals surface area contributed by atoms with Gasteiger partial charge in [-0.05, 0) is 35.7 Å². The summed E-state index contributed by atoms with van der Waals surface area (Å²) in [7, 11) is 0. The monoisotopic (exact) mass is 343 g/mol. The van der Waals surface area contributed by atoms with Crippen LogP contribution in [0.4, 0.5) is 0 Å². The molecule has 1 amide bonds. The number of halogens is 1. The Hall–Kier alpha value is -2.33. The van der Waals surface area contributed by atoms with Gasteiger partial charge in [-0.25, -0.2) is 4.79 Å². The summed E-state index contributed by atoms with van der Waals surface area (Å²) in [6, 6.07) is 14.4. The summed E-state index contributed by atoms with van der Waals surface area (Å²) in [6.07, 6.45) is 0.323. The Balaban J connectivity index is 1.73. The zero-order chi connectivity index (χ0) is 17.1. The van der Waals surface area contributed by atoms with E-state index in [1.807, 2.05) is 31.2 Å². The fourth-order valence-corrected chi connectivity index (χ4v) is 2.98. The summed E-state index contributed by atoms with van der Waals surface area (Å²) in [5.41, 5.74) is 2.34. The maximum atomic E-state index is 12.5. The second-order valence-corrected chi connectivity index (χ2v) is 6.21. The largest absolute Gasteiger partial charge is 0.448 e. The van der Waals surface area contributed by atoms with Crippen LogP contribution in [-0.2, 0) is 16.0 Å². The lowest BCUT2D eigenvalue weighted by molar-refractivity contribution is -0.131. The molecular formula is C19H18ClNO3. The molecule has 2 atom stereocenters. The van der Waals surface area contributed by atoms with E-state index in [2.05, 4.69) is 5.32 Å². The molecule has 1 aliphatic rings. The number of fused-ring (bicyclic) bond motifs is 1. The molecule has 0 bridgehead atoms. The predicted octanol–water partition coefficient (Wildman–Crippen LogP) is 3.69. The Kier molecular flexibility index (Phi) is 4.86. The summed E-state index contributed by atoms with van der Waals surface area (Å²) in [4.78, 5) is 24.6. The van der Waals surface area contributed by atoms with E-state index in [-0.39, 0.29) is 11.9 Å².